The van der Waals surface area contributed by atoms with E-state index in [4.69, 9.17) is 5.73 Å². The van der Waals surface area contributed by atoms with E-state index >= 15 is 0 Å². The number of hydrogen-bond donors (Lipinski definition) is 2. The van der Waals surface area contributed by atoms with Gasteiger partial charge in [0.2, 0.25) is 5.95 Å². The fourth-order valence-corrected chi connectivity index (χ4v) is 2.40. The second-order valence-corrected chi connectivity index (χ2v) is 5.02. The van der Waals surface area contributed by atoms with Crippen molar-refractivity contribution in [1.82, 2.24) is 14.5 Å². The van der Waals surface area contributed by atoms with Gasteiger partial charge in [0, 0.05) is 19.3 Å². The van der Waals surface area contributed by atoms with Crippen LogP contribution in [0.25, 0.3) is 11.0 Å². The summed E-state index contributed by atoms with van der Waals surface area (Å²) in [6, 6.07) is 12.3. The molecule has 0 saturated carbocycles. The van der Waals surface area contributed by atoms with Gasteiger partial charge < -0.3 is 15.6 Å². The standard InChI is InChI=1S/C16H19N5/c1-2-9-18-15-14-13(19-16(17)20-15)8-10-21(14)11-12-6-4-3-5-7-12/h3-8,10H,2,9,11H2,1H3,(H3,17,18,19,20). The molecule has 3 aromatic rings. The molecule has 2 aromatic heterocycles. The molecule has 0 bridgehead atoms. The van der Waals surface area contributed by atoms with Crippen molar-refractivity contribution >= 4 is 22.8 Å². The fourth-order valence-electron chi connectivity index (χ4n) is 2.40. The lowest BCUT2D eigenvalue weighted by atomic mass is 10.2. The SMILES string of the molecule is CCCNc1nc(N)nc2ccn(Cc3ccccc3)c12. The minimum atomic E-state index is 0.304. The summed E-state index contributed by atoms with van der Waals surface area (Å²) in [5.74, 6) is 1.11. The summed E-state index contributed by atoms with van der Waals surface area (Å²) in [6.07, 6.45) is 3.06. The highest BCUT2D eigenvalue weighted by Crippen LogP contribution is 2.23. The molecule has 0 saturated heterocycles. The molecule has 2 heterocycles. The Balaban J connectivity index is 2.03. The zero-order valence-electron chi connectivity index (χ0n) is 12.1. The number of nitrogens with one attached hydrogen (secondary N) is 1. The maximum absolute atomic E-state index is 5.79. The minimum Gasteiger partial charge on any atom is -0.368 e. The van der Waals surface area contributed by atoms with Gasteiger partial charge in [0.15, 0.2) is 5.82 Å². The van der Waals surface area contributed by atoms with Crippen LogP contribution in [0.15, 0.2) is 42.6 Å². The maximum Gasteiger partial charge on any atom is 0.222 e. The van der Waals surface area contributed by atoms with Crippen LogP contribution >= 0.6 is 0 Å². The summed E-state index contributed by atoms with van der Waals surface area (Å²) >= 11 is 0. The molecular formula is C16H19N5. The molecule has 0 amide bonds. The first kappa shape index (κ1) is 13.4. The van der Waals surface area contributed by atoms with Crippen LogP contribution in [0.4, 0.5) is 11.8 Å². The molecule has 1 aromatic carbocycles. The number of nitrogens with zero attached hydrogens (tertiary/aromatic N) is 3. The van der Waals surface area contributed by atoms with E-state index in [0.717, 1.165) is 36.4 Å². The predicted octanol–water partition coefficient (Wildman–Crippen LogP) is 2.88. The van der Waals surface area contributed by atoms with E-state index in [2.05, 4.69) is 38.9 Å². The number of rotatable bonds is 5. The number of hydrogen-bond acceptors (Lipinski definition) is 4. The van der Waals surface area contributed by atoms with Gasteiger partial charge in [-0.25, -0.2) is 4.98 Å². The van der Waals surface area contributed by atoms with Gasteiger partial charge >= 0.3 is 0 Å². The lowest BCUT2D eigenvalue weighted by Gasteiger charge is -2.11. The number of nitrogen functional groups attached to an aromatic ring is 1. The molecule has 5 heteroatoms. The van der Waals surface area contributed by atoms with Gasteiger partial charge in [-0.2, -0.15) is 4.98 Å². The van der Waals surface area contributed by atoms with Crippen LogP contribution in [0.2, 0.25) is 0 Å². The van der Waals surface area contributed by atoms with Crippen LogP contribution in [0.3, 0.4) is 0 Å². The van der Waals surface area contributed by atoms with Gasteiger partial charge in [-0.15, -0.1) is 0 Å². The summed E-state index contributed by atoms with van der Waals surface area (Å²) in [5, 5.41) is 3.34. The van der Waals surface area contributed by atoms with Gasteiger partial charge in [-0.05, 0) is 18.1 Å². The normalized spacial score (nSPS) is 10.9. The summed E-state index contributed by atoms with van der Waals surface area (Å²) in [7, 11) is 0. The van der Waals surface area contributed by atoms with Crippen LogP contribution in [-0.2, 0) is 6.54 Å². The Morgan fingerprint density at radius 1 is 1.14 bits per heavy atom. The van der Waals surface area contributed by atoms with Gasteiger partial charge in [0.25, 0.3) is 0 Å². The molecule has 0 aliphatic heterocycles. The smallest absolute Gasteiger partial charge is 0.222 e. The average Bonchev–Trinajstić information content (AvgIpc) is 2.88. The third-order valence-electron chi connectivity index (χ3n) is 3.37. The summed E-state index contributed by atoms with van der Waals surface area (Å²) < 4.78 is 2.15. The third-order valence-corrected chi connectivity index (χ3v) is 3.37. The van der Waals surface area contributed by atoms with Crippen LogP contribution < -0.4 is 11.1 Å². The number of aromatic nitrogens is 3. The summed E-state index contributed by atoms with van der Waals surface area (Å²) in [6.45, 7) is 3.78. The van der Waals surface area contributed by atoms with Gasteiger partial charge in [0.05, 0.1) is 5.52 Å². The van der Waals surface area contributed by atoms with Gasteiger partial charge in [-0.3, -0.25) is 0 Å². The molecule has 108 valence electrons. The number of fused-ring (bicyclic) bond motifs is 1. The van der Waals surface area contributed by atoms with Crippen LogP contribution in [0, 0.1) is 0 Å². The van der Waals surface area contributed by atoms with Crippen LogP contribution in [0.1, 0.15) is 18.9 Å². The van der Waals surface area contributed by atoms with E-state index in [0.29, 0.717) is 5.95 Å². The van der Waals surface area contributed by atoms with Crippen molar-refractivity contribution in [3.05, 3.63) is 48.2 Å². The second-order valence-electron chi connectivity index (χ2n) is 5.02. The number of nitrogens with two attached hydrogens (primary N) is 1. The lowest BCUT2D eigenvalue weighted by Crippen LogP contribution is -2.08. The van der Waals surface area contributed by atoms with Crippen LogP contribution in [-0.4, -0.2) is 21.1 Å². The minimum absolute atomic E-state index is 0.304. The molecule has 0 unspecified atom stereocenters. The van der Waals surface area contributed by atoms with Crippen molar-refractivity contribution in [2.45, 2.75) is 19.9 Å². The number of anilines is 2. The van der Waals surface area contributed by atoms with E-state index in [1.54, 1.807) is 0 Å². The zero-order chi connectivity index (χ0) is 14.7. The second kappa shape index (κ2) is 5.83. The van der Waals surface area contributed by atoms with Crippen molar-refractivity contribution in [2.24, 2.45) is 0 Å². The van der Waals surface area contributed by atoms with Crippen molar-refractivity contribution in [3.63, 3.8) is 0 Å². The molecule has 0 spiro atoms. The first-order valence-electron chi connectivity index (χ1n) is 7.18. The molecule has 21 heavy (non-hydrogen) atoms. The highest BCUT2D eigenvalue weighted by molar-refractivity contribution is 5.87. The maximum atomic E-state index is 5.79. The quantitative estimate of drug-likeness (QED) is 0.754. The monoisotopic (exact) mass is 281 g/mol. The Bertz CT molecular complexity index is 733. The van der Waals surface area contributed by atoms with Crippen molar-refractivity contribution < 1.29 is 0 Å². The topological polar surface area (TPSA) is 68.8 Å². The fraction of sp³-hybridized carbons (Fsp3) is 0.250. The molecule has 0 aliphatic carbocycles. The Hall–Kier alpha value is -2.56. The zero-order valence-corrected chi connectivity index (χ0v) is 12.1. The molecule has 0 radical (unpaired) electrons. The predicted molar refractivity (Wildman–Crippen MR) is 86.3 cm³/mol. The van der Waals surface area contributed by atoms with E-state index in [1.165, 1.54) is 5.56 Å². The molecule has 5 nitrogen and oxygen atoms in total. The molecule has 0 aliphatic rings. The van der Waals surface area contributed by atoms with Gasteiger partial charge in [0.1, 0.15) is 5.52 Å². The average molecular weight is 281 g/mol. The van der Waals surface area contributed by atoms with Crippen molar-refractivity contribution in [1.29, 1.82) is 0 Å². The van der Waals surface area contributed by atoms with E-state index < -0.39 is 0 Å². The van der Waals surface area contributed by atoms with E-state index in [1.807, 2.05) is 30.5 Å². The molecule has 0 atom stereocenters. The van der Waals surface area contributed by atoms with E-state index in [9.17, 15) is 0 Å². The molecule has 0 fully saturated rings. The Labute approximate surface area is 123 Å². The van der Waals surface area contributed by atoms with Crippen LogP contribution in [0.5, 0.6) is 0 Å². The van der Waals surface area contributed by atoms with Gasteiger partial charge in [-0.1, -0.05) is 37.3 Å². The highest BCUT2D eigenvalue weighted by atomic mass is 15.1. The van der Waals surface area contributed by atoms with Crippen molar-refractivity contribution in [3.8, 4) is 0 Å². The first-order chi connectivity index (χ1) is 10.3. The Kier molecular flexibility index (Phi) is 3.73. The van der Waals surface area contributed by atoms with Crippen molar-refractivity contribution in [2.75, 3.05) is 17.6 Å². The molecule has 3 rings (SSSR count). The Morgan fingerprint density at radius 3 is 2.71 bits per heavy atom. The molecule has 3 N–H and O–H groups in total. The first-order valence-corrected chi connectivity index (χ1v) is 7.18. The van der Waals surface area contributed by atoms with E-state index in [-0.39, 0.29) is 0 Å². The lowest BCUT2D eigenvalue weighted by molar-refractivity contribution is 0.833. The summed E-state index contributed by atoms with van der Waals surface area (Å²) in [5.41, 5.74) is 8.90. The molecular weight excluding hydrogens is 262 g/mol. The Morgan fingerprint density at radius 2 is 1.95 bits per heavy atom. The summed E-state index contributed by atoms with van der Waals surface area (Å²) in [4.78, 5) is 8.66. The number of benzene rings is 1. The largest absolute Gasteiger partial charge is 0.368 e. The third kappa shape index (κ3) is 2.81. The highest BCUT2D eigenvalue weighted by Gasteiger charge is 2.11.